The summed E-state index contributed by atoms with van der Waals surface area (Å²) < 4.78 is 0. The van der Waals surface area contributed by atoms with Crippen molar-refractivity contribution in [1.82, 2.24) is 19.9 Å². The predicted octanol–water partition coefficient (Wildman–Crippen LogP) is 2.26. The average Bonchev–Trinajstić information content (AvgIpc) is 2.75. The highest BCUT2D eigenvalue weighted by molar-refractivity contribution is 6.32. The first-order valence-electron chi connectivity index (χ1n) is 4.96. The Kier molecular flexibility index (Phi) is 2.19. The maximum atomic E-state index is 6.03. The van der Waals surface area contributed by atoms with E-state index < -0.39 is 0 Å². The molecule has 0 atom stereocenters. The summed E-state index contributed by atoms with van der Waals surface area (Å²) in [4.78, 5) is 15.2. The molecule has 3 heterocycles. The van der Waals surface area contributed by atoms with Crippen LogP contribution in [0.1, 0.15) is 0 Å². The highest BCUT2D eigenvalue weighted by Crippen LogP contribution is 2.28. The van der Waals surface area contributed by atoms with Crippen LogP contribution in [0.25, 0.3) is 22.3 Å². The molecule has 0 aliphatic rings. The van der Waals surface area contributed by atoms with Crippen LogP contribution in [0.15, 0.2) is 30.7 Å². The molecular formula is C11H8ClN5. The Labute approximate surface area is 102 Å². The van der Waals surface area contributed by atoms with Gasteiger partial charge in [0.1, 0.15) is 22.9 Å². The molecule has 0 radical (unpaired) electrons. The molecule has 6 heteroatoms. The molecule has 3 rings (SSSR count). The summed E-state index contributed by atoms with van der Waals surface area (Å²) in [6.07, 6.45) is 3.06. The topological polar surface area (TPSA) is 80.5 Å². The van der Waals surface area contributed by atoms with Gasteiger partial charge in [-0.15, -0.1) is 0 Å². The van der Waals surface area contributed by atoms with E-state index in [0.717, 1.165) is 16.6 Å². The number of aromatic nitrogens is 4. The van der Waals surface area contributed by atoms with Gasteiger partial charge in [-0.1, -0.05) is 11.6 Å². The SMILES string of the molecule is Nc1ncnc2[nH]c(-c3cccnc3Cl)cc12. The Morgan fingerprint density at radius 3 is 2.88 bits per heavy atom. The van der Waals surface area contributed by atoms with Crippen molar-refractivity contribution in [1.29, 1.82) is 0 Å². The van der Waals surface area contributed by atoms with Crippen LogP contribution in [0.2, 0.25) is 5.15 Å². The second-order valence-electron chi connectivity index (χ2n) is 3.55. The van der Waals surface area contributed by atoms with E-state index in [4.69, 9.17) is 17.3 Å². The molecule has 3 aromatic rings. The lowest BCUT2D eigenvalue weighted by Crippen LogP contribution is -1.90. The lowest BCUT2D eigenvalue weighted by molar-refractivity contribution is 1.21. The Morgan fingerprint density at radius 2 is 2.12 bits per heavy atom. The Bertz CT molecular complexity index is 691. The number of hydrogen-bond acceptors (Lipinski definition) is 4. The third-order valence-corrected chi connectivity index (χ3v) is 2.81. The highest BCUT2D eigenvalue weighted by atomic mass is 35.5. The fourth-order valence-corrected chi connectivity index (χ4v) is 1.91. The molecule has 3 N–H and O–H groups in total. The lowest BCUT2D eigenvalue weighted by Gasteiger charge is -1.98. The number of aromatic amines is 1. The first kappa shape index (κ1) is 10.0. The summed E-state index contributed by atoms with van der Waals surface area (Å²) in [5, 5.41) is 1.22. The van der Waals surface area contributed by atoms with Gasteiger partial charge in [0.15, 0.2) is 0 Å². The van der Waals surface area contributed by atoms with Crippen LogP contribution in [0.3, 0.4) is 0 Å². The second kappa shape index (κ2) is 3.71. The molecule has 0 aliphatic carbocycles. The summed E-state index contributed by atoms with van der Waals surface area (Å²) in [6.45, 7) is 0. The van der Waals surface area contributed by atoms with Crippen LogP contribution in [0, 0.1) is 0 Å². The van der Waals surface area contributed by atoms with Gasteiger partial charge in [0, 0.05) is 11.8 Å². The van der Waals surface area contributed by atoms with Crippen molar-refractivity contribution in [3.8, 4) is 11.3 Å². The number of pyridine rings is 1. The van der Waals surface area contributed by atoms with E-state index in [1.165, 1.54) is 6.33 Å². The molecule has 0 aliphatic heterocycles. The fraction of sp³-hybridized carbons (Fsp3) is 0. The molecule has 0 spiro atoms. The van der Waals surface area contributed by atoms with E-state index in [1.807, 2.05) is 18.2 Å². The fourth-order valence-electron chi connectivity index (χ4n) is 1.69. The smallest absolute Gasteiger partial charge is 0.143 e. The van der Waals surface area contributed by atoms with Crippen molar-refractivity contribution in [3.63, 3.8) is 0 Å². The van der Waals surface area contributed by atoms with Crippen molar-refractivity contribution < 1.29 is 0 Å². The van der Waals surface area contributed by atoms with Crippen LogP contribution in [-0.4, -0.2) is 19.9 Å². The molecule has 0 aromatic carbocycles. The van der Waals surface area contributed by atoms with Crippen molar-refractivity contribution in [2.75, 3.05) is 5.73 Å². The molecule has 0 unspecified atom stereocenters. The first-order chi connectivity index (χ1) is 8.25. The molecule has 0 bridgehead atoms. The molecular weight excluding hydrogens is 238 g/mol. The molecule has 84 valence electrons. The Balaban J connectivity index is 2.26. The summed E-state index contributed by atoms with van der Waals surface area (Å²) >= 11 is 6.03. The molecule has 0 fully saturated rings. The van der Waals surface area contributed by atoms with Crippen molar-refractivity contribution in [3.05, 3.63) is 35.9 Å². The zero-order chi connectivity index (χ0) is 11.8. The normalized spacial score (nSPS) is 10.9. The molecule has 3 aromatic heterocycles. The summed E-state index contributed by atoms with van der Waals surface area (Å²) in [7, 11) is 0. The maximum Gasteiger partial charge on any atom is 0.143 e. The Hall–Kier alpha value is -2.14. The van der Waals surface area contributed by atoms with Crippen LogP contribution in [-0.2, 0) is 0 Å². The number of hydrogen-bond donors (Lipinski definition) is 2. The number of nitrogens with two attached hydrogens (primary N) is 1. The quantitative estimate of drug-likeness (QED) is 0.645. The average molecular weight is 246 g/mol. The molecule has 0 saturated carbocycles. The highest BCUT2D eigenvalue weighted by Gasteiger charge is 2.09. The van der Waals surface area contributed by atoms with Gasteiger partial charge in [0.05, 0.1) is 11.1 Å². The third kappa shape index (κ3) is 1.60. The second-order valence-corrected chi connectivity index (χ2v) is 3.90. The Morgan fingerprint density at radius 1 is 1.24 bits per heavy atom. The van der Waals surface area contributed by atoms with Gasteiger partial charge in [-0.05, 0) is 18.2 Å². The number of anilines is 1. The van der Waals surface area contributed by atoms with Crippen LogP contribution in [0.5, 0.6) is 0 Å². The molecule has 17 heavy (non-hydrogen) atoms. The number of halogens is 1. The zero-order valence-electron chi connectivity index (χ0n) is 8.68. The molecule has 0 amide bonds. The van der Waals surface area contributed by atoms with E-state index in [9.17, 15) is 0 Å². The third-order valence-electron chi connectivity index (χ3n) is 2.51. The largest absolute Gasteiger partial charge is 0.383 e. The molecule has 0 saturated heterocycles. The summed E-state index contributed by atoms with van der Waals surface area (Å²) in [5.41, 5.74) is 8.09. The van der Waals surface area contributed by atoms with Crippen molar-refractivity contribution >= 4 is 28.5 Å². The van der Waals surface area contributed by atoms with Gasteiger partial charge >= 0.3 is 0 Å². The minimum absolute atomic E-state index is 0.436. The van der Waals surface area contributed by atoms with Gasteiger partial charge in [-0.3, -0.25) is 0 Å². The van der Waals surface area contributed by atoms with Crippen molar-refractivity contribution in [2.45, 2.75) is 0 Å². The van der Waals surface area contributed by atoms with Crippen LogP contribution in [0.4, 0.5) is 5.82 Å². The standard InChI is InChI=1S/C11H8ClN5/c12-9-6(2-1-3-14-9)8-4-7-10(13)15-5-16-11(7)17-8/h1-5H,(H3,13,15,16,17). The van der Waals surface area contributed by atoms with E-state index in [1.54, 1.807) is 6.20 Å². The van der Waals surface area contributed by atoms with E-state index in [2.05, 4.69) is 19.9 Å². The van der Waals surface area contributed by atoms with Crippen LogP contribution < -0.4 is 5.73 Å². The first-order valence-corrected chi connectivity index (χ1v) is 5.33. The van der Waals surface area contributed by atoms with Crippen LogP contribution >= 0.6 is 11.6 Å². The summed E-state index contributed by atoms with van der Waals surface area (Å²) in [6, 6.07) is 5.57. The minimum Gasteiger partial charge on any atom is -0.383 e. The minimum atomic E-state index is 0.436. The van der Waals surface area contributed by atoms with Gasteiger partial charge in [-0.2, -0.15) is 0 Å². The van der Waals surface area contributed by atoms with Gasteiger partial charge in [0.2, 0.25) is 0 Å². The molecule has 5 nitrogen and oxygen atoms in total. The monoisotopic (exact) mass is 245 g/mol. The van der Waals surface area contributed by atoms with Gasteiger partial charge < -0.3 is 10.7 Å². The number of H-pyrrole nitrogens is 1. The summed E-state index contributed by atoms with van der Waals surface area (Å²) in [5.74, 6) is 0.442. The maximum absolute atomic E-state index is 6.03. The number of nitrogens with one attached hydrogen (secondary N) is 1. The lowest BCUT2D eigenvalue weighted by atomic mass is 10.2. The van der Waals surface area contributed by atoms with Gasteiger partial charge in [-0.25, -0.2) is 15.0 Å². The van der Waals surface area contributed by atoms with Gasteiger partial charge in [0.25, 0.3) is 0 Å². The van der Waals surface area contributed by atoms with Crippen molar-refractivity contribution in [2.24, 2.45) is 0 Å². The predicted molar refractivity (Wildman–Crippen MR) is 66.5 cm³/mol. The zero-order valence-corrected chi connectivity index (χ0v) is 9.44. The number of rotatable bonds is 1. The number of nitrogen functional groups attached to an aromatic ring is 1. The van der Waals surface area contributed by atoms with E-state index in [0.29, 0.717) is 16.6 Å². The number of fused-ring (bicyclic) bond motifs is 1. The van der Waals surface area contributed by atoms with E-state index in [-0.39, 0.29) is 0 Å². The number of nitrogens with zero attached hydrogens (tertiary/aromatic N) is 3. The van der Waals surface area contributed by atoms with E-state index >= 15 is 0 Å².